The molecule has 1 heterocycles. The van der Waals surface area contributed by atoms with Gasteiger partial charge in [-0.05, 0) is 34.1 Å². The van der Waals surface area contributed by atoms with Gasteiger partial charge in [0.2, 0.25) is 5.88 Å². The standard InChI is InChI=1S/C11H7Br2ClN2O2/c1-17-10-7(13)5-15-11(16-10)18-9-4-6(12)2-3-8(9)14/h2-5H,1H3. The van der Waals surface area contributed by atoms with Gasteiger partial charge >= 0.3 is 6.01 Å². The molecule has 0 saturated heterocycles. The summed E-state index contributed by atoms with van der Waals surface area (Å²) in [6, 6.07) is 5.44. The molecule has 2 aromatic rings. The Hall–Kier alpha value is -0.850. The zero-order chi connectivity index (χ0) is 13.1. The summed E-state index contributed by atoms with van der Waals surface area (Å²) in [5.74, 6) is 0.863. The fourth-order valence-corrected chi connectivity index (χ4v) is 2.03. The van der Waals surface area contributed by atoms with Crippen LogP contribution in [-0.2, 0) is 0 Å². The molecule has 4 nitrogen and oxygen atoms in total. The van der Waals surface area contributed by atoms with Crippen LogP contribution in [0.4, 0.5) is 0 Å². The molecule has 0 aliphatic rings. The van der Waals surface area contributed by atoms with Gasteiger partial charge in [-0.1, -0.05) is 27.5 Å². The topological polar surface area (TPSA) is 44.2 Å². The van der Waals surface area contributed by atoms with Crippen molar-refractivity contribution in [1.82, 2.24) is 9.97 Å². The van der Waals surface area contributed by atoms with Crippen molar-refractivity contribution in [2.24, 2.45) is 0 Å². The van der Waals surface area contributed by atoms with E-state index in [4.69, 9.17) is 21.1 Å². The minimum Gasteiger partial charge on any atom is -0.480 e. The van der Waals surface area contributed by atoms with Crippen molar-refractivity contribution in [2.75, 3.05) is 7.11 Å². The molecule has 0 amide bonds. The molecule has 0 aliphatic carbocycles. The molecule has 7 heteroatoms. The molecule has 0 spiro atoms. The van der Waals surface area contributed by atoms with Gasteiger partial charge < -0.3 is 9.47 Å². The van der Waals surface area contributed by atoms with Crippen molar-refractivity contribution in [3.63, 3.8) is 0 Å². The highest BCUT2D eigenvalue weighted by Crippen LogP contribution is 2.32. The van der Waals surface area contributed by atoms with Gasteiger partial charge in [0, 0.05) is 4.47 Å². The summed E-state index contributed by atoms with van der Waals surface area (Å²) in [7, 11) is 1.52. The number of aromatic nitrogens is 2. The predicted molar refractivity (Wildman–Crippen MR) is 75.5 cm³/mol. The first-order valence-corrected chi connectivity index (χ1v) is 6.76. The smallest absolute Gasteiger partial charge is 0.325 e. The SMILES string of the molecule is COc1nc(Oc2cc(Br)ccc2Cl)ncc1Br. The van der Waals surface area contributed by atoms with Crippen LogP contribution in [0.25, 0.3) is 0 Å². The molecule has 0 N–H and O–H groups in total. The number of rotatable bonds is 3. The van der Waals surface area contributed by atoms with Crippen LogP contribution in [0, 0.1) is 0 Å². The van der Waals surface area contributed by atoms with Crippen molar-refractivity contribution in [3.05, 3.63) is 38.4 Å². The second-order valence-corrected chi connectivity index (χ2v) is 5.36. The van der Waals surface area contributed by atoms with Gasteiger partial charge in [-0.15, -0.1) is 0 Å². The van der Waals surface area contributed by atoms with E-state index >= 15 is 0 Å². The van der Waals surface area contributed by atoms with E-state index in [1.165, 1.54) is 7.11 Å². The van der Waals surface area contributed by atoms with Crippen LogP contribution >= 0.6 is 43.5 Å². The summed E-state index contributed by atoms with van der Waals surface area (Å²) < 4.78 is 12.1. The van der Waals surface area contributed by atoms with E-state index in [9.17, 15) is 0 Å². The molecule has 94 valence electrons. The normalized spacial score (nSPS) is 10.2. The van der Waals surface area contributed by atoms with Gasteiger partial charge in [-0.25, -0.2) is 4.98 Å². The molecular formula is C11H7Br2ClN2O2. The maximum atomic E-state index is 6.01. The first-order chi connectivity index (χ1) is 8.60. The van der Waals surface area contributed by atoms with E-state index in [2.05, 4.69) is 41.8 Å². The number of hydrogen-bond acceptors (Lipinski definition) is 4. The monoisotopic (exact) mass is 392 g/mol. The van der Waals surface area contributed by atoms with Gasteiger partial charge in [-0.2, -0.15) is 4.98 Å². The summed E-state index contributed by atoms with van der Waals surface area (Å²) in [4.78, 5) is 8.10. The Morgan fingerprint density at radius 2 is 2.06 bits per heavy atom. The lowest BCUT2D eigenvalue weighted by Crippen LogP contribution is -1.96. The number of methoxy groups -OCH3 is 1. The maximum absolute atomic E-state index is 6.01. The van der Waals surface area contributed by atoms with Crippen LogP contribution in [0.3, 0.4) is 0 Å². The van der Waals surface area contributed by atoms with E-state index in [0.717, 1.165) is 4.47 Å². The molecule has 1 aromatic carbocycles. The predicted octanol–water partition coefficient (Wildman–Crippen LogP) is 4.46. The Bertz CT molecular complexity index is 581. The average Bonchev–Trinajstić information content (AvgIpc) is 2.36. The second kappa shape index (κ2) is 5.86. The third-order valence-electron chi connectivity index (χ3n) is 1.98. The van der Waals surface area contributed by atoms with E-state index < -0.39 is 0 Å². The minimum atomic E-state index is 0.162. The van der Waals surface area contributed by atoms with Crippen molar-refractivity contribution < 1.29 is 9.47 Å². The lowest BCUT2D eigenvalue weighted by Gasteiger charge is -2.07. The largest absolute Gasteiger partial charge is 0.480 e. The number of benzene rings is 1. The molecular weight excluding hydrogens is 387 g/mol. The van der Waals surface area contributed by atoms with Crippen molar-refractivity contribution >= 4 is 43.5 Å². The quantitative estimate of drug-likeness (QED) is 0.771. The third kappa shape index (κ3) is 3.13. The zero-order valence-corrected chi connectivity index (χ0v) is 13.1. The maximum Gasteiger partial charge on any atom is 0.325 e. The first kappa shape index (κ1) is 13.6. The molecule has 0 fully saturated rings. The van der Waals surface area contributed by atoms with Crippen LogP contribution in [-0.4, -0.2) is 17.1 Å². The Balaban J connectivity index is 2.31. The second-order valence-electron chi connectivity index (χ2n) is 3.19. The summed E-state index contributed by atoms with van der Waals surface area (Å²) in [6.45, 7) is 0. The highest BCUT2D eigenvalue weighted by Gasteiger charge is 2.09. The molecule has 2 rings (SSSR count). The Morgan fingerprint density at radius 1 is 1.28 bits per heavy atom. The fourth-order valence-electron chi connectivity index (χ4n) is 1.18. The number of nitrogens with zero attached hydrogens (tertiary/aromatic N) is 2. The van der Waals surface area contributed by atoms with Crippen LogP contribution in [0.15, 0.2) is 33.3 Å². The summed E-state index contributed by atoms with van der Waals surface area (Å²) in [6.07, 6.45) is 1.55. The highest BCUT2D eigenvalue weighted by molar-refractivity contribution is 9.10. The van der Waals surface area contributed by atoms with Crippen molar-refractivity contribution in [2.45, 2.75) is 0 Å². The lowest BCUT2D eigenvalue weighted by molar-refractivity contribution is 0.373. The summed E-state index contributed by atoms with van der Waals surface area (Å²) in [5.41, 5.74) is 0. The van der Waals surface area contributed by atoms with Crippen LogP contribution in [0.5, 0.6) is 17.6 Å². The highest BCUT2D eigenvalue weighted by atomic mass is 79.9. The molecule has 1 aromatic heterocycles. The first-order valence-electron chi connectivity index (χ1n) is 4.79. The fraction of sp³-hybridized carbons (Fsp3) is 0.0909. The van der Waals surface area contributed by atoms with E-state index in [1.807, 2.05) is 6.07 Å². The molecule has 0 bridgehead atoms. The summed E-state index contributed by atoms with van der Waals surface area (Å²) >= 11 is 12.6. The minimum absolute atomic E-state index is 0.162. The van der Waals surface area contributed by atoms with E-state index in [-0.39, 0.29) is 6.01 Å². The van der Waals surface area contributed by atoms with Crippen LogP contribution in [0.1, 0.15) is 0 Å². The number of hydrogen-bond donors (Lipinski definition) is 0. The Labute approximate surface area is 126 Å². The third-order valence-corrected chi connectivity index (χ3v) is 3.33. The molecule has 0 unspecified atom stereocenters. The average molecular weight is 394 g/mol. The number of ether oxygens (including phenoxy) is 2. The number of halogens is 3. The van der Waals surface area contributed by atoms with Gasteiger partial charge in [-0.3, -0.25) is 0 Å². The molecule has 18 heavy (non-hydrogen) atoms. The van der Waals surface area contributed by atoms with Crippen molar-refractivity contribution in [3.8, 4) is 17.6 Å². The lowest BCUT2D eigenvalue weighted by atomic mass is 10.3. The van der Waals surface area contributed by atoms with Gasteiger partial charge in [0.15, 0.2) is 5.75 Å². The molecule has 0 saturated carbocycles. The van der Waals surface area contributed by atoms with E-state index in [0.29, 0.717) is 21.1 Å². The van der Waals surface area contributed by atoms with Gasteiger partial charge in [0.25, 0.3) is 0 Å². The van der Waals surface area contributed by atoms with Gasteiger partial charge in [0.1, 0.15) is 0 Å². The Morgan fingerprint density at radius 3 is 2.78 bits per heavy atom. The van der Waals surface area contributed by atoms with E-state index in [1.54, 1.807) is 18.3 Å². The molecule has 0 aliphatic heterocycles. The molecule has 0 atom stereocenters. The van der Waals surface area contributed by atoms with Crippen molar-refractivity contribution in [1.29, 1.82) is 0 Å². The van der Waals surface area contributed by atoms with Crippen LogP contribution in [0.2, 0.25) is 5.02 Å². The molecule has 0 radical (unpaired) electrons. The van der Waals surface area contributed by atoms with Crippen LogP contribution < -0.4 is 9.47 Å². The van der Waals surface area contributed by atoms with Gasteiger partial charge in [0.05, 0.1) is 22.8 Å². The summed E-state index contributed by atoms with van der Waals surface area (Å²) in [5, 5.41) is 0.476. The Kier molecular flexibility index (Phi) is 4.42. The zero-order valence-electron chi connectivity index (χ0n) is 9.15.